The minimum atomic E-state index is -0.879. The zero-order valence-corrected chi connectivity index (χ0v) is 10.1. The Morgan fingerprint density at radius 2 is 2.19 bits per heavy atom. The molecule has 0 aliphatic carbocycles. The zero-order valence-electron chi connectivity index (χ0n) is 9.39. The minimum Gasteiger partial charge on any atom is -0.319 e. The van der Waals surface area contributed by atoms with E-state index in [0.717, 1.165) is 0 Å². The Labute approximate surface area is 99.6 Å². The van der Waals surface area contributed by atoms with Crippen LogP contribution in [-0.4, -0.2) is 11.3 Å². The average Bonchev–Trinajstić information content (AvgIpc) is 2.24. The van der Waals surface area contributed by atoms with E-state index in [1.807, 2.05) is 6.92 Å². The highest BCUT2D eigenvalue weighted by atomic mass is 35.5. The maximum Gasteiger partial charge on any atom is 0.156 e. The summed E-state index contributed by atoms with van der Waals surface area (Å²) in [7, 11) is 0. The van der Waals surface area contributed by atoms with Crippen molar-refractivity contribution in [2.75, 3.05) is 0 Å². The number of carbonyl (C=O) groups excluding carboxylic acids is 1. The van der Waals surface area contributed by atoms with Crippen molar-refractivity contribution in [1.29, 1.82) is 0 Å². The second-order valence-corrected chi connectivity index (χ2v) is 4.46. The maximum atomic E-state index is 13.1. The maximum absolute atomic E-state index is 13.1. The molecule has 0 fully saturated rings. The van der Waals surface area contributed by atoms with Gasteiger partial charge in [0.25, 0.3) is 0 Å². The third-order valence-electron chi connectivity index (χ3n) is 2.75. The first-order valence-corrected chi connectivity index (χ1v) is 5.51. The molecule has 1 rings (SSSR count). The Morgan fingerprint density at radius 1 is 1.56 bits per heavy atom. The van der Waals surface area contributed by atoms with Gasteiger partial charge in [-0.1, -0.05) is 30.7 Å². The molecule has 2 N–H and O–H groups in total. The van der Waals surface area contributed by atoms with Gasteiger partial charge in [-0.05, 0) is 25.0 Å². The van der Waals surface area contributed by atoms with Crippen molar-refractivity contribution in [3.05, 3.63) is 34.6 Å². The van der Waals surface area contributed by atoms with E-state index in [9.17, 15) is 9.18 Å². The molecule has 0 bridgehead atoms. The molecule has 0 radical (unpaired) electrons. The summed E-state index contributed by atoms with van der Waals surface area (Å²) in [5.41, 5.74) is 5.41. The van der Waals surface area contributed by atoms with E-state index in [4.69, 9.17) is 17.3 Å². The zero-order chi connectivity index (χ0) is 12.3. The van der Waals surface area contributed by atoms with Gasteiger partial charge in [-0.25, -0.2) is 4.39 Å². The lowest BCUT2D eigenvalue weighted by molar-refractivity contribution is -0.123. The highest BCUT2D eigenvalue weighted by Gasteiger charge is 2.26. The molecule has 0 aromatic heterocycles. The van der Waals surface area contributed by atoms with Gasteiger partial charge in [-0.15, -0.1) is 0 Å². The van der Waals surface area contributed by atoms with Crippen LogP contribution in [0.25, 0.3) is 0 Å². The number of nitrogens with two attached hydrogens (primary N) is 1. The molecule has 16 heavy (non-hydrogen) atoms. The fourth-order valence-electron chi connectivity index (χ4n) is 1.26. The highest BCUT2D eigenvalue weighted by Crippen LogP contribution is 2.22. The van der Waals surface area contributed by atoms with Crippen LogP contribution >= 0.6 is 11.6 Å². The van der Waals surface area contributed by atoms with Crippen LogP contribution < -0.4 is 5.73 Å². The smallest absolute Gasteiger partial charge is 0.156 e. The molecule has 1 unspecified atom stereocenters. The van der Waals surface area contributed by atoms with Crippen molar-refractivity contribution in [2.24, 2.45) is 5.73 Å². The van der Waals surface area contributed by atoms with Gasteiger partial charge < -0.3 is 5.73 Å². The SMILES string of the molecule is CCC(C)(N)C(=O)Cc1cccc(F)c1Cl. The van der Waals surface area contributed by atoms with Crippen molar-refractivity contribution in [1.82, 2.24) is 0 Å². The predicted molar refractivity (Wildman–Crippen MR) is 63.0 cm³/mol. The first-order valence-electron chi connectivity index (χ1n) is 5.13. The number of hydrogen-bond acceptors (Lipinski definition) is 2. The quantitative estimate of drug-likeness (QED) is 0.884. The van der Waals surface area contributed by atoms with Gasteiger partial charge >= 0.3 is 0 Å². The topological polar surface area (TPSA) is 43.1 Å². The van der Waals surface area contributed by atoms with Crippen molar-refractivity contribution >= 4 is 17.4 Å². The summed E-state index contributed by atoms with van der Waals surface area (Å²) in [6.07, 6.45) is 0.607. The van der Waals surface area contributed by atoms with Crippen LogP contribution in [0.15, 0.2) is 18.2 Å². The van der Waals surface area contributed by atoms with Crippen LogP contribution in [0.4, 0.5) is 4.39 Å². The minimum absolute atomic E-state index is 0.00255. The van der Waals surface area contributed by atoms with E-state index >= 15 is 0 Å². The molecule has 0 spiro atoms. The van der Waals surface area contributed by atoms with Crippen molar-refractivity contribution in [2.45, 2.75) is 32.2 Å². The molecule has 0 saturated carbocycles. The number of rotatable bonds is 4. The molecule has 88 valence electrons. The lowest BCUT2D eigenvalue weighted by Crippen LogP contribution is -2.45. The summed E-state index contributed by atoms with van der Waals surface area (Å²) < 4.78 is 13.1. The lowest BCUT2D eigenvalue weighted by Gasteiger charge is -2.21. The first-order chi connectivity index (χ1) is 7.38. The molecule has 0 amide bonds. The molecule has 0 saturated heterocycles. The molecule has 1 aromatic carbocycles. The highest BCUT2D eigenvalue weighted by molar-refractivity contribution is 6.31. The third-order valence-corrected chi connectivity index (χ3v) is 3.18. The monoisotopic (exact) mass is 243 g/mol. The van der Waals surface area contributed by atoms with Gasteiger partial charge in [0.05, 0.1) is 10.6 Å². The molecule has 1 aromatic rings. The van der Waals surface area contributed by atoms with Gasteiger partial charge in [0.15, 0.2) is 5.78 Å². The van der Waals surface area contributed by atoms with E-state index < -0.39 is 11.4 Å². The van der Waals surface area contributed by atoms with Crippen LogP contribution in [0.1, 0.15) is 25.8 Å². The summed E-state index contributed by atoms with van der Waals surface area (Å²) >= 11 is 5.76. The van der Waals surface area contributed by atoms with E-state index in [1.54, 1.807) is 13.0 Å². The van der Waals surface area contributed by atoms with E-state index in [1.165, 1.54) is 12.1 Å². The van der Waals surface area contributed by atoms with E-state index in [-0.39, 0.29) is 17.2 Å². The fourth-order valence-corrected chi connectivity index (χ4v) is 1.45. The Hall–Kier alpha value is -0.930. The van der Waals surface area contributed by atoms with Crippen molar-refractivity contribution in [3.8, 4) is 0 Å². The van der Waals surface area contributed by atoms with Gasteiger partial charge in [-0.2, -0.15) is 0 Å². The fraction of sp³-hybridized carbons (Fsp3) is 0.417. The van der Waals surface area contributed by atoms with Gasteiger partial charge in [-0.3, -0.25) is 4.79 Å². The Morgan fingerprint density at radius 3 is 2.75 bits per heavy atom. The molecule has 0 aliphatic rings. The summed E-state index contributed by atoms with van der Waals surface area (Å²) in [5.74, 6) is -0.648. The number of Topliss-reactive ketones (excluding diaryl/α,β-unsaturated/α-hetero) is 1. The average molecular weight is 244 g/mol. The molecule has 1 atom stereocenters. The Balaban J connectivity index is 2.90. The molecule has 0 aliphatic heterocycles. The number of carbonyl (C=O) groups is 1. The first kappa shape index (κ1) is 13.1. The molecule has 4 heteroatoms. The van der Waals surface area contributed by atoms with Crippen LogP contribution in [-0.2, 0) is 11.2 Å². The van der Waals surface area contributed by atoms with Crippen LogP contribution in [0.2, 0.25) is 5.02 Å². The van der Waals surface area contributed by atoms with Crippen molar-refractivity contribution < 1.29 is 9.18 Å². The third kappa shape index (κ3) is 2.80. The Bertz CT molecular complexity index is 404. The standard InChI is InChI=1S/C12H15ClFNO/c1-3-12(2,15)10(16)7-8-5-4-6-9(14)11(8)13/h4-6H,3,7,15H2,1-2H3. The number of benzene rings is 1. The lowest BCUT2D eigenvalue weighted by atomic mass is 9.90. The molecular weight excluding hydrogens is 229 g/mol. The number of hydrogen-bond donors (Lipinski definition) is 1. The second kappa shape index (κ2) is 4.93. The Kier molecular flexibility index (Phi) is 4.05. The molecule has 2 nitrogen and oxygen atoms in total. The molecule has 0 heterocycles. The van der Waals surface area contributed by atoms with Gasteiger partial charge in [0.1, 0.15) is 5.82 Å². The largest absolute Gasteiger partial charge is 0.319 e. The second-order valence-electron chi connectivity index (χ2n) is 4.08. The predicted octanol–water partition coefficient (Wildman–Crippen LogP) is 2.72. The summed E-state index contributed by atoms with van der Waals surface area (Å²) in [6, 6.07) is 4.43. The van der Waals surface area contributed by atoms with Crippen LogP contribution in [0.3, 0.4) is 0 Å². The summed E-state index contributed by atoms with van der Waals surface area (Å²) in [4.78, 5) is 11.8. The summed E-state index contributed by atoms with van der Waals surface area (Å²) in [6.45, 7) is 3.51. The van der Waals surface area contributed by atoms with E-state index in [2.05, 4.69) is 0 Å². The summed E-state index contributed by atoms with van der Waals surface area (Å²) in [5, 5.41) is 0.00255. The van der Waals surface area contributed by atoms with Crippen LogP contribution in [0.5, 0.6) is 0 Å². The normalized spacial score (nSPS) is 14.6. The van der Waals surface area contributed by atoms with E-state index in [0.29, 0.717) is 12.0 Å². The van der Waals surface area contributed by atoms with Crippen molar-refractivity contribution in [3.63, 3.8) is 0 Å². The van der Waals surface area contributed by atoms with Gasteiger partial charge in [0.2, 0.25) is 0 Å². The molecular formula is C12H15ClFNO. The van der Waals surface area contributed by atoms with Crippen LogP contribution in [0, 0.1) is 5.82 Å². The number of ketones is 1. The van der Waals surface area contributed by atoms with Gasteiger partial charge in [0, 0.05) is 6.42 Å². The number of halogens is 2.